The van der Waals surface area contributed by atoms with Gasteiger partial charge in [-0.05, 0) is 30.0 Å². The van der Waals surface area contributed by atoms with Crippen LogP contribution < -0.4 is 32.7 Å². The minimum Gasteiger partial charge on any atom is -0.480 e. The van der Waals surface area contributed by atoms with Crippen LogP contribution in [-0.4, -0.2) is 121 Å². The first-order chi connectivity index (χ1) is 27.9. The molecule has 1 aliphatic heterocycles. The Morgan fingerprint density at radius 1 is 0.983 bits per heavy atom. The molecule has 0 bridgehead atoms. The number of carboxylic acid groups (broad SMARTS) is 1. The van der Waals surface area contributed by atoms with Crippen molar-refractivity contribution < 1.29 is 33.9 Å². The topological polar surface area (TPSA) is 283 Å². The third-order valence-electron chi connectivity index (χ3n) is 9.57. The van der Waals surface area contributed by atoms with Gasteiger partial charge in [-0.1, -0.05) is 48.5 Å². The molecule has 2 aromatic heterocycles. The van der Waals surface area contributed by atoms with Crippen LogP contribution >= 0.6 is 11.8 Å². The van der Waals surface area contributed by atoms with Gasteiger partial charge in [-0.2, -0.15) is 0 Å². The zero-order chi connectivity index (χ0) is 41.6. The highest BCUT2D eigenvalue weighted by atomic mass is 32.2. The number of carbonyl (C=O) groups is 6. The maximum absolute atomic E-state index is 14.1. The van der Waals surface area contributed by atoms with Crippen molar-refractivity contribution in [2.45, 2.75) is 69.2 Å². The first kappa shape index (κ1) is 42.8. The van der Waals surface area contributed by atoms with Crippen LogP contribution in [0.3, 0.4) is 0 Å². The van der Waals surface area contributed by atoms with Crippen molar-refractivity contribution >= 4 is 64.1 Å². The van der Waals surface area contributed by atoms with Crippen LogP contribution in [-0.2, 0) is 48.0 Å². The van der Waals surface area contributed by atoms with E-state index in [2.05, 4.69) is 41.2 Å². The third-order valence-corrected chi connectivity index (χ3v) is 10.6. The van der Waals surface area contributed by atoms with Crippen molar-refractivity contribution in [1.29, 1.82) is 0 Å². The van der Waals surface area contributed by atoms with Crippen LogP contribution in [0.2, 0.25) is 0 Å². The largest absolute Gasteiger partial charge is 0.480 e. The van der Waals surface area contributed by atoms with Gasteiger partial charge in [0, 0.05) is 80.1 Å². The summed E-state index contributed by atoms with van der Waals surface area (Å²) in [6.07, 6.45) is 5.51. The Balaban J connectivity index is 1.36. The summed E-state index contributed by atoms with van der Waals surface area (Å²) in [6, 6.07) is 11.1. The van der Waals surface area contributed by atoms with E-state index in [1.54, 1.807) is 30.5 Å². The Bertz CT molecular complexity index is 2070. The normalized spacial score (nSPS) is 17.6. The van der Waals surface area contributed by atoms with Gasteiger partial charge in [-0.3, -0.25) is 29.0 Å². The molecule has 308 valence electrons. The van der Waals surface area contributed by atoms with Gasteiger partial charge >= 0.3 is 5.97 Å². The van der Waals surface area contributed by atoms with Crippen molar-refractivity contribution in [2.24, 2.45) is 16.5 Å². The number of hydrogen-bond donors (Lipinski definition) is 9. The molecule has 58 heavy (non-hydrogen) atoms. The third kappa shape index (κ3) is 12.3. The number of para-hydroxylation sites is 1. The standard InChI is InChI=1S/C39H49N11O7S/c1-23(51)46-31(16-27-18-42-22-45-27)36(54)48-30(14-24-8-3-2-4-9-24)35(53)49-32-20-58-21-34(52)50(19-26(47-37(32)55)10-7-13-43-39(40)41)33(38(56)57)15-25-17-44-29-12-6-5-11-28(25)29/h2-6,8-9,11-12,17-18,22,26,30-33,44H,7,10,13-16,19-21H2,1H3,(H,42,45)(H,46,51)(H,47,55)(H,48,54)(H,49,53)(H,56,57)(H4,40,41,43)/t26?,30-,31-,32+,33?/m0/s1. The number of thioether (sulfide) groups is 1. The summed E-state index contributed by atoms with van der Waals surface area (Å²) in [5.74, 6) is -4.29. The van der Waals surface area contributed by atoms with Crippen molar-refractivity contribution in [3.05, 3.63) is 90.1 Å². The summed E-state index contributed by atoms with van der Waals surface area (Å²) in [7, 11) is 0. The van der Waals surface area contributed by atoms with E-state index >= 15 is 0 Å². The lowest BCUT2D eigenvalue weighted by Crippen LogP contribution is -2.60. The molecule has 0 radical (unpaired) electrons. The predicted octanol–water partition coefficient (Wildman–Crippen LogP) is -0.0398. The molecule has 11 N–H and O–H groups in total. The number of hydrogen-bond acceptors (Lipinski definition) is 9. The molecule has 1 fully saturated rings. The van der Waals surface area contributed by atoms with Gasteiger partial charge in [0.2, 0.25) is 29.5 Å². The molecule has 3 heterocycles. The number of rotatable bonds is 17. The van der Waals surface area contributed by atoms with Crippen LogP contribution in [0.15, 0.2) is 78.3 Å². The molecule has 0 saturated carbocycles. The van der Waals surface area contributed by atoms with E-state index in [-0.39, 0.29) is 56.2 Å². The maximum Gasteiger partial charge on any atom is 0.326 e. The van der Waals surface area contributed by atoms with Crippen molar-refractivity contribution in [3.63, 3.8) is 0 Å². The van der Waals surface area contributed by atoms with Crippen LogP contribution in [0.1, 0.15) is 36.6 Å². The summed E-state index contributed by atoms with van der Waals surface area (Å²) >= 11 is 1.07. The molecule has 2 aromatic carbocycles. The number of amides is 5. The zero-order valence-electron chi connectivity index (χ0n) is 32.0. The van der Waals surface area contributed by atoms with Crippen LogP contribution in [0.5, 0.6) is 0 Å². The molecule has 18 nitrogen and oxygen atoms in total. The number of fused-ring (bicyclic) bond motifs is 1. The van der Waals surface area contributed by atoms with Gasteiger partial charge in [-0.25, -0.2) is 9.78 Å². The van der Waals surface area contributed by atoms with Gasteiger partial charge in [0.25, 0.3) is 0 Å². The highest BCUT2D eigenvalue weighted by Crippen LogP contribution is 2.23. The number of H-pyrrole nitrogens is 2. The lowest BCUT2D eigenvalue weighted by Gasteiger charge is -2.35. The molecular formula is C39H49N11O7S. The first-order valence-electron chi connectivity index (χ1n) is 18.8. The van der Waals surface area contributed by atoms with Gasteiger partial charge in [0.1, 0.15) is 24.2 Å². The second-order valence-electron chi connectivity index (χ2n) is 14.0. The zero-order valence-corrected chi connectivity index (χ0v) is 32.8. The molecule has 0 spiro atoms. The van der Waals surface area contributed by atoms with E-state index in [0.29, 0.717) is 12.1 Å². The lowest BCUT2D eigenvalue weighted by atomic mass is 10.0. The Hall–Kier alpha value is -6.37. The molecule has 4 aromatic rings. The van der Waals surface area contributed by atoms with Gasteiger partial charge in [-0.15, -0.1) is 11.8 Å². The summed E-state index contributed by atoms with van der Waals surface area (Å²) in [4.78, 5) is 96.0. The van der Waals surface area contributed by atoms with E-state index in [4.69, 9.17) is 11.5 Å². The van der Waals surface area contributed by atoms with Crippen LogP contribution in [0, 0.1) is 0 Å². The Kier molecular flexibility index (Phi) is 15.3. The van der Waals surface area contributed by atoms with E-state index in [1.807, 2.05) is 30.3 Å². The molecule has 5 atom stereocenters. The molecule has 2 unspecified atom stereocenters. The molecular weight excluding hydrogens is 767 g/mol. The fraction of sp³-hybridized carbons (Fsp3) is 0.385. The van der Waals surface area contributed by atoms with E-state index in [0.717, 1.165) is 33.8 Å². The molecule has 1 saturated heterocycles. The number of nitrogens with zero attached hydrogens (tertiary/aromatic N) is 3. The number of nitrogens with one attached hydrogen (secondary N) is 6. The first-order valence-corrected chi connectivity index (χ1v) is 19.9. The van der Waals surface area contributed by atoms with Crippen LogP contribution in [0.25, 0.3) is 10.9 Å². The monoisotopic (exact) mass is 815 g/mol. The van der Waals surface area contributed by atoms with Crippen molar-refractivity contribution in [2.75, 3.05) is 24.6 Å². The van der Waals surface area contributed by atoms with Gasteiger partial charge in [0.15, 0.2) is 5.96 Å². The number of carboxylic acids is 1. The lowest BCUT2D eigenvalue weighted by molar-refractivity contribution is -0.149. The smallest absolute Gasteiger partial charge is 0.326 e. The average Bonchev–Trinajstić information content (AvgIpc) is 3.86. The van der Waals surface area contributed by atoms with Gasteiger partial charge < -0.3 is 52.7 Å². The fourth-order valence-corrected chi connectivity index (χ4v) is 7.67. The Morgan fingerprint density at radius 2 is 1.72 bits per heavy atom. The average molecular weight is 816 g/mol. The number of imidazole rings is 1. The summed E-state index contributed by atoms with van der Waals surface area (Å²) in [5, 5.41) is 22.4. The Morgan fingerprint density at radius 3 is 2.43 bits per heavy atom. The summed E-state index contributed by atoms with van der Waals surface area (Å²) in [5.41, 5.74) is 13.9. The second-order valence-corrected chi connectivity index (χ2v) is 15.0. The number of carbonyl (C=O) groups excluding carboxylic acids is 5. The molecule has 0 aliphatic carbocycles. The Labute approximate surface area is 338 Å². The minimum absolute atomic E-state index is 0.0162. The molecule has 1 aliphatic rings. The SMILES string of the molecule is CC(=O)N[C@@H](Cc1cnc[nH]1)C(=O)N[C@@H](Cc1ccccc1)C(=O)N[C@@H]1CSCC(=O)N(C(Cc2c[nH]c3ccccc23)C(=O)O)CC(CCCN=C(N)N)NC1=O. The van der Waals surface area contributed by atoms with E-state index in [9.17, 15) is 33.9 Å². The van der Waals surface area contributed by atoms with Crippen LogP contribution in [0.4, 0.5) is 0 Å². The number of aromatic amines is 2. The molecule has 19 heteroatoms. The second kappa shape index (κ2) is 20.7. The minimum atomic E-state index is -1.25. The summed E-state index contributed by atoms with van der Waals surface area (Å²) in [6.45, 7) is 1.36. The van der Waals surface area contributed by atoms with E-state index < -0.39 is 65.7 Å². The number of nitrogens with two attached hydrogens (primary N) is 2. The number of aromatic nitrogens is 3. The fourth-order valence-electron chi connectivity index (χ4n) is 6.74. The molecule has 5 amide bonds. The summed E-state index contributed by atoms with van der Waals surface area (Å²) < 4.78 is 0. The number of guanidine groups is 1. The highest BCUT2D eigenvalue weighted by molar-refractivity contribution is 8.00. The van der Waals surface area contributed by atoms with Crippen molar-refractivity contribution in [3.8, 4) is 0 Å². The van der Waals surface area contributed by atoms with Gasteiger partial charge in [0.05, 0.1) is 12.1 Å². The quantitative estimate of drug-likeness (QED) is 0.0387. The molecule has 5 rings (SSSR count). The maximum atomic E-state index is 14.1. The predicted molar refractivity (Wildman–Crippen MR) is 218 cm³/mol. The number of benzene rings is 2. The van der Waals surface area contributed by atoms with E-state index in [1.165, 1.54) is 24.3 Å². The highest BCUT2D eigenvalue weighted by Gasteiger charge is 2.36. The number of aliphatic carboxylic acids is 1. The number of aliphatic imine (C=N–C) groups is 1. The van der Waals surface area contributed by atoms with Crippen molar-refractivity contribution in [1.82, 2.24) is 41.1 Å².